The molecule has 0 saturated heterocycles. The quantitative estimate of drug-likeness (QED) is 0.660. The molecule has 0 saturated carbocycles. The molecule has 7 nitrogen and oxygen atoms in total. The van der Waals surface area contributed by atoms with Crippen molar-refractivity contribution in [1.29, 1.82) is 0 Å². The number of aromatic carboxylic acids is 1. The summed E-state index contributed by atoms with van der Waals surface area (Å²) in [6, 6.07) is 19.0. The summed E-state index contributed by atoms with van der Waals surface area (Å²) in [4.78, 5) is 11.1. The van der Waals surface area contributed by atoms with Crippen LogP contribution in [-0.2, 0) is 20.0 Å². The summed E-state index contributed by atoms with van der Waals surface area (Å²) in [6.07, 6.45) is 0. The van der Waals surface area contributed by atoms with Crippen LogP contribution in [-0.4, -0.2) is 27.9 Å². The summed E-state index contributed by atoms with van der Waals surface area (Å²) in [5.41, 5.74) is -0.927. The van der Waals surface area contributed by atoms with Crippen molar-refractivity contribution in [1.82, 2.24) is 0 Å². The maximum atomic E-state index is 13.3. The Balaban J connectivity index is 2.36. The average molecular weight is 417 g/mol. The van der Waals surface area contributed by atoms with Gasteiger partial charge in [0.05, 0.1) is 21.0 Å². The van der Waals surface area contributed by atoms with E-state index in [0.717, 1.165) is 12.1 Å². The first-order chi connectivity index (χ1) is 13.3. The number of carboxylic acid groups (broad SMARTS) is 1. The van der Waals surface area contributed by atoms with Crippen LogP contribution in [0.15, 0.2) is 94.7 Å². The zero-order valence-electron chi connectivity index (χ0n) is 14.3. The van der Waals surface area contributed by atoms with Crippen molar-refractivity contribution in [2.24, 2.45) is 0 Å². The van der Waals surface area contributed by atoms with Gasteiger partial charge in [0.1, 0.15) is 0 Å². The number of benzene rings is 3. The molecule has 0 aromatic heterocycles. The van der Waals surface area contributed by atoms with Gasteiger partial charge in [0, 0.05) is 0 Å². The van der Waals surface area contributed by atoms with E-state index < -0.39 is 37.3 Å². The molecule has 3 rings (SSSR count). The van der Waals surface area contributed by atoms with Gasteiger partial charge in [-0.2, -0.15) is 3.71 Å². The monoisotopic (exact) mass is 417 g/mol. The van der Waals surface area contributed by atoms with E-state index in [4.69, 9.17) is 0 Å². The number of para-hydroxylation sites is 1. The van der Waals surface area contributed by atoms with E-state index in [-0.39, 0.29) is 13.5 Å². The molecule has 0 aliphatic rings. The zero-order valence-corrected chi connectivity index (χ0v) is 16.0. The number of anilines is 1. The molecule has 144 valence electrons. The maximum Gasteiger partial charge on any atom is 0.337 e. The Labute approximate surface area is 162 Å². The highest BCUT2D eigenvalue weighted by atomic mass is 32.3. The van der Waals surface area contributed by atoms with Crippen LogP contribution >= 0.6 is 0 Å². The molecule has 0 amide bonds. The van der Waals surface area contributed by atoms with Crippen molar-refractivity contribution in [2.45, 2.75) is 9.79 Å². The molecule has 1 N–H and O–H groups in total. The summed E-state index contributed by atoms with van der Waals surface area (Å²) >= 11 is 0. The standard InChI is InChI=1S/C19H15NO6S2/c21-19(22)17-13-7-8-14-18(17)20(27(23,24)15-9-3-1-4-10-15)28(25,26)16-11-5-2-6-12-16/h1-14H,(H,21,22). The molecule has 0 fully saturated rings. The van der Waals surface area contributed by atoms with E-state index in [1.165, 1.54) is 60.7 Å². The predicted molar refractivity (Wildman–Crippen MR) is 103 cm³/mol. The highest BCUT2D eigenvalue weighted by molar-refractivity contribution is 8.10. The Morgan fingerprint density at radius 1 is 0.643 bits per heavy atom. The van der Waals surface area contributed by atoms with E-state index >= 15 is 0 Å². The number of carboxylic acids is 1. The molecule has 0 atom stereocenters. The largest absolute Gasteiger partial charge is 0.478 e. The average Bonchev–Trinajstić information content (AvgIpc) is 2.69. The first-order valence-corrected chi connectivity index (χ1v) is 10.9. The first kappa shape index (κ1) is 19.6. The fourth-order valence-electron chi connectivity index (χ4n) is 2.58. The SMILES string of the molecule is O=C(O)c1ccccc1N(S(=O)(=O)c1ccccc1)S(=O)(=O)c1ccccc1. The number of carbonyl (C=O) groups is 1. The van der Waals surface area contributed by atoms with Crippen molar-refractivity contribution >= 4 is 31.7 Å². The number of sulfonamides is 2. The lowest BCUT2D eigenvalue weighted by atomic mass is 10.2. The van der Waals surface area contributed by atoms with Crippen molar-refractivity contribution in [3.05, 3.63) is 90.5 Å². The number of nitrogens with zero attached hydrogens (tertiary/aromatic N) is 1. The Morgan fingerprint density at radius 2 is 1.04 bits per heavy atom. The van der Waals surface area contributed by atoms with Gasteiger partial charge in [-0.15, -0.1) is 0 Å². The molecule has 0 bridgehead atoms. The van der Waals surface area contributed by atoms with E-state index in [0.29, 0.717) is 0 Å². The third kappa shape index (κ3) is 3.49. The minimum absolute atomic E-state index is 0.175. The van der Waals surface area contributed by atoms with Crippen LogP contribution in [0, 0.1) is 0 Å². The minimum atomic E-state index is -4.63. The van der Waals surface area contributed by atoms with Gasteiger partial charge < -0.3 is 5.11 Å². The van der Waals surface area contributed by atoms with Gasteiger partial charge in [-0.05, 0) is 36.4 Å². The van der Waals surface area contributed by atoms with Crippen LogP contribution in [0.3, 0.4) is 0 Å². The normalized spacial score (nSPS) is 11.7. The Hall–Kier alpha value is -3.17. The molecule has 9 heteroatoms. The van der Waals surface area contributed by atoms with Gasteiger partial charge in [-0.25, -0.2) is 21.6 Å². The van der Waals surface area contributed by atoms with Crippen LogP contribution in [0.5, 0.6) is 0 Å². The Bertz CT molecular complexity index is 1140. The molecule has 3 aromatic rings. The van der Waals surface area contributed by atoms with Gasteiger partial charge in [0.25, 0.3) is 20.0 Å². The van der Waals surface area contributed by atoms with E-state index in [9.17, 15) is 26.7 Å². The maximum absolute atomic E-state index is 13.3. The summed E-state index contributed by atoms with van der Waals surface area (Å²) in [5, 5.41) is 9.47. The molecule has 0 spiro atoms. The lowest BCUT2D eigenvalue weighted by Crippen LogP contribution is -2.38. The number of hydrogen-bond acceptors (Lipinski definition) is 5. The van der Waals surface area contributed by atoms with Crippen LogP contribution in [0.25, 0.3) is 0 Å². The third-order valence-corrected chi connectivity index (χ3v) is 8.03. The fraction of sp³-hybridized carbons (Fsp3) is 0. The summed E-state index contributed by atoms with van der Waals surface area (Å²) in [7, 11) is -9.27. The lowest BCUT2D eigenvalue weighted by molar-refractivity contribution is 0.0698. The topological polar surface area (TPSA) is 109 Å². The zero-order chi connectivity index (χ0) is 20.4. The third-order valence-electron chi connectivity index (χ3n) is 3.85. The van der Waals surface area contributed by atoms with Crippen molar-refractivity contribution in [3.63, 3.8) is 0 Å². The second kappa shape index (κ2) is 7.45. The Kier molecular flexibility index (Phi) is 5.21. The van der Waals surface area contributed by atoms with E-state index in [1.54, 1.807) is 12.1 Å². The van der Waals surface area contributed by atoms with Crippen LogP contribution in [0.4, 0.5) is 5.69 Å². The molecule has 0 aliphatic heterocycles. The Morgan fingerprint density at radius 3 is 1.46 bits per heavy atom. The van der Waals surface area contributed by atoms with Crippen molar-refractivity contribution in [3.8, 4) is 0 Å². The summed E-state index contributed by atoms with van der Waals surface area (Å²) in [6.45, 7) is 0. The highest BCUT2D eigenvalue weighted by Gasteiger charge is 2.38. The predicted octanol–water partition coefficient (Wildman–Crippen LogP) is 2.97. The molecule has 0 unspecified atom stereocenters. The molecular weight excluding hydrogens is 402 g/mol. The van der Waals surface area contributed by atoms with Gasteiger partial charge in [0.2, 0.25) is 0 Å². The molecule has 28 heavy (non-hydrogen) atoms. The van der Waals surface area contributed by atoms with Gasteiger partial charge in [0.15, 0.2) is 0 Å². The first-order valence-electron chi connectivity index (χ1n) is 7.99. The van der Waals surface area contributed by atoms with Crippen LogP contribution in [0.2, 0.25) is 0 Å². The highest BCUT2D eigenvalue weighted by Crippen LogP contribution is 2.33. The van der Waals surface area contributed by atoms with E-state index in [2.05, 4.69) is 0 Å². The van der Waals surface area contributed by atoms with Gasteiger partial charge >= 0.3 is 5.97 Å². The second-order valence-electron chi connectivity index (χ2n) is 5.66. The summed E-state index contributed by atoms with van der Waals surface area (Å²) < 4.78 is 53.3. The van der Waals surface area contributed by atoms with Crippen molar-refractivity contribution in [2.75, 3.05) is 3.71 Å². The van der Waals surface area contributed by atoms with Crippen LogP contribution < -0.4 is 3.71 Å². The van der Waals surface area contributed by atoms with E-state index in [1.807, 2.05) is 0 Å². The smallest absolute Gasteiger partial charge is 0.337 e. The molecule has 0 heterocycles. The molecule has 3 aromatic carbocycles. The molecular formula is C19H15NO6S2. The fourth-order valence-corrected chi connectivity index (χ4v) is 6.35. The van der Waals surface area contributed by atoms with Crippen LogP contribution in [0.1, 0.15) is 10.4 Å². The van der Waals surface area contributed by atoms with Gasteiger partial charge in [-0.3, -0.25) is 0 Å². The second-order valence-corrected chi connectivity index (χ2v) is 9.46. The molecule has 0 aliphatic carbocycles. The van der Waals surface area contributed by atoms with Crippen molar-refractivity contribution < 1.29 is 26.7 Å². The lowest BCUT2D eigenvalue weighted by Gasteiger charge is -2.25. The summed E-state index contributed by atoms with van der Waals surface area (Å²) in [5.74, 6) is -1.45. The minimum Gasteiger partial charge on any atom is -0.478 e. The number of rotatable bonds is 6. The molecule has 0 radical (unpaired) electrons. The van der Waals surface area contributed by atoms with Gasteiger partial charge in [-0.1, -0.05) is 48.5 Å². The number of hydrogen-bond donors (Lipinski definition) is 1.